The Hall–Kier alpha value is -1.33. The van der Waals surface area contributed by atoms with Crippen LogP contribution in [0.1, 0.15) is 27.7 Å². The van der Waals surface area contributed by atoms with Gasteiger partial charge in [-0.05, 0) is 24.3 Å². The molecule has 90 valence electrons. The number of carbonyl (C=O) groups excluding carboxylic acids is 1. The average Bonchev–Trinajstić information content (AvgIpc) is 2.87. The van der Waals surface area contributed by atoms with Gasteiger partial charge in [0.25, 0.3) is 5.91 Å². The van der Waals surface area contributed by atoms with E-state index in [1.54, 1.807) is 6.20 Å². The summed E-state index contributed by atoms with van der Waals surface area (Å²) in [5.41, 5.74) is 1.89. The molecule has 0 unspecified atom stereocenters. The monoisotopic (exact) mass is 269 g/mol. The molecule has 0 atom stereocenters. The number of thiophene rings is 1. The molecule has 2 heterocycles. The van der Waals surface area contributed by atoms with Crippen LogP contribution in [-0.4, -0.2) is 16.1 Å². The van der Waals surface area contributed by atoms with E-state index >= 15 is 0 Å². The van der Waals surface area contributed by atoms with Crippen molar-refractivity contribution in [1.82, 2.24) is 10.2 Å². The van der Waals surface area contributed by atoms with Gasteiger partial charge in [0.15, 0.2) is 0 Å². The first-order valence-corrected chi connectivity index (χ1v) is 6.46. The van der Waals surface area contributed by atoms with Gasteiger partial charge in [0.2, 0.25) is 0 Å². The van der Waals surface area contributed by atoms with E-state index in [1.165, 1.54) is 11.3 Å². The molecular formula is C11H12ClN3OS. The predicted octanol–water partition coefficient (Wildman–Crippen LogP) is 3.25. The quantitative estimate of drug-likeness (QED) is 0.899. The third-order valence-electron chi connectivity index (χ3n) is 2.44. The maximum absolute atomic E-state index is 12.0. The maximum atomic E-state index is 12.0. The zero-order valence-corrected chi connectivity index (χ0v) is 11.1. The molecular weight excluding hydrogens is 258 g/mol. The summed E-state index contributed by atoms with van der Waals surface area (Å²) >= 11 is 7.38. The summed E-state index contributed by atoms with van der Waals surface area (Å²) < 4.78 is 0. The molecule has 4 nitrogen and oxygen atoms in total. The summed E-state index contributed by atoms with van der Waals surface area (Å²) in [6.45, 7) is 3.88. The van der Waals surface area contributed by atoms with Crippen molar-refractivity contribution in [3.63, 3.8) is 0 Å². The van der Waals surface area contributed by atoms with Gasteiger partial charge in [0.1, 0.15) is 10.7 Å². The van der Waals surface area contributed by atoms with Crippen LogP contribution in [0.25, 0.3) is 0 Å². The standard InChI is InChI=1S/C11H12ClN3OS/c1-3-7-4-13-15-10(7)14-11(16)9-8(12)6(2)5-17-9/h4-5H,3H2,1-2H3,(H2,13,14,15,16). The maximum Gasteiger partial charge on any atom is 0.268 e. The molecule has 2 N–H and O–H groups in total. The van der Waals surface area contributed by atoms with Gasteiger partial charge in [-0.25, -0.2) is 0 Å². The minimum Gasteiger partial charge on any atom is -0.306 e. The number of halogens is 1. The minimum atomic E-state index is -0.202. The van der Waals surface area contributed by atoms with Gasteiger partial charge in [-0.3, -0.25) is 9.89 Å². The second-order valence-electron chi connectivity index (χ2n) is 3.64. The van der Waals surface area contributed by atoms with Crippen molar-refractivity contribution in [1.29, 1.82) is 0 Å². The van der Waals surface area contributed by atoms with Crippen LogP contribution in [0.5, 0.6) is 0 Å². The average molecular weight is 270 g/mol. The summed E-state index contributed by atoms with van der Waals surface area (Å²) in [6.07, 6.45) is 2.51. The lowest BCUT2D eigenvalue weighted by molar-refractivity contribution is 0.103. The number of aromatic amines is 1. The molecule has 0 fully saturated rings. The second kappa shape index (κ2) is 4.89. The number of nitrogens with one attached hydrogen (secondary N) is 2. The van der Waals surface area contributed by atoms with Gasteiger partial charge < -0.3 is 5.32 Å². The van der Waals surface area contributed by atoms with Gasteiger partial charge in [-0.15, -0.1) is 11.3 Å². The van der Waals surface area contributed by atoms with Crippen molar-refractivity contribution in [3.8, 4) is 0 Å². The summed E-state index contributed by atoms with van der Waals surface area (Å²) in [7, 11) is 0. The van der Waals surface area contributed by atoms with Crippen molar-refractivity contribution in [3.05, 3.63) is 32.6 Å². The largest absolute Gasteiger partial charge is 0.306 e. The molecule has 0 saturated carbocycles. The van der Waals surface area contributed by atoms with Crippen LogP contribution in [0, 0.1) is 6.92 Å². The Kier molecular flexibility index (Phi) is 3.49. The Bertz CT molecular complexity index is 547. The molecule has 6 heteroatoms. The first-order chi connectivity index (χ1) is 8.13. The van der Waals surface area contributed by atoms with Crippen molar-refractivity contribution in [2.24, 2.45) is 0 Å². The molecule has 0 radical (unpaired) electrons. The molecule has 17 heavy (non-hydrogen) atoms. The van der Waals surface area contributed by atoms with E-state index < -0.39 is 0 Å². The van der Waals surface area contributed by atoms with Crippen LogP contribution in [0.3, 0.4) is 0 Å². The van der Waals surface area contributed by atoms with Crippen LogP contribution >= 0.6 is 22.9 Å². The lowest BCUT2D eigenvalue weighted by Crippen LogP contribution is -2.12. The third kappa shape index (κ3) is 2.35. The molecule has 2 aromatic heterocycles. The summed E-state index contributed by atoms with van der Waals surface area (Å²) in [4.78, 5) is 12.5. The minimum absolute atomic E-state index is 0.202. The number of amides is 1. The van der Waals surface area contributed by atoms with Gasteiger partial charge in [0.05, 0.1) is 11.2 Å². The molecule has 0 aliphatic heterocycles. The van der Waals surface area contributed by atoms with Gasteiger partial charge in [-0.2, -0.15) is 5.10 Å². The highest BCUT2D eigenvalue weighted by molar-refractivity contribution is 7.13. The van der Waals surface area contributed by atoms with E-state index in [0.29, 0.717) is 15.7 Å². The predicted molar refractivity (Wildman–Crippen MR) is 70.0 cm³/mol. The van der Waals surface area contributed by atoms with Crippen LogP contribution < -0.4 is 5.32 Å². The number of H-pyrrole nitrogens is 1. The Morgan fingerprint density at radius 1 is 1.65 bits per heavy atom. The summed E-state index contributed by atoms with van der Waals surface area (Å²) in [5, 5.41) is 11.8. The first kappa shape index (κ1) is 12.1. The van der Waals surface area contributed by atoms with E-state index in [1.807, 2.05) is 19.2 Å². The molecule has 0 saturated heterocycles. The fraction of sp³-hybridized carbons (Fsp3) is 0.273. The number of nitrogens with zero attached hydrogens (tertiary/aromatic N) is 1. The molecule has 0 spiro atoms. The zero-order valence-electron chi connectivity index (χ0n) is 9.50. The zero-order chi connectivity index (χ0) is 12.4. The normalized spacial score (nSPS) is 10.5. The number of aryl methyl sites for hydroxylation is 2. The fourth-order valence-corrected chi connectivity index (χ4v) is 2.61. The van der Waals surface area contributed by atoms with E-state index in [-0.39, 0.29) is 5.91 Å². The smallest absolute Gasteiger partial charge is 0.268 e. The molecule has 0 bridgehead atoms. The molecule has 2 aromatic rings. The fourth-order valence-electron chi connectivity index (χ4n) is 1.44. The van der Waals surface area contributed by atoms with Crippen molar-refractivity contribution in [2.45, 2.75) is 20.3 Å². The van der Waals surface area contributed by atoms with E-state index in [0.717, 1.165) is 17.5 Å². The highest BCUT2D eigenvalue weighted by atomic mass is 35.5. The van der Waals surface area contributed by atoms with Crippen LogP contribution in [0.4, 0.5) is 5.82 Å². The van der Waals surface area contributed by atoms with Gasteiger partial charge >= 0.3 is 0 Å². The van der Waals surface area contributed by atoms with E-state index in [2.05, 4.69) is 15.5 Å². The Balaban J connectivity index is 2.20. The van der Waals surface area contributed by atoms with Crippen LogP contribution in [-0.2, 0) is 6.42 Å². The lowest BCUT2D eigenvalue weighted by Gasteiger charge is -2.03. The topological polar surface area (TPSA) is 57.8 Å². The molecule has 0 aliphatic carbocycles. The lowest BCUT2D eigenvalue weighted by atomic mass is 10.2. The van der Waals surface area contributed by atoms with Crippen molar-refractivity contribution >= 4 is 34.7 Å². The SMILES string of the molecule is CCc1cn[nH]c1NC(=O)c1scc(C)c1Cl. The second-order valence-corrected chi connectivity index (χ2v) is 4.90. The van der Waals surface area contributed by atoms with Gasteiger partial charge in [-0.1, -0.05) is 18.5 Å². The van der Waals surface area contributed by atoms with Crippen LogP contribution in [0.15, 0.2) is 11.6 Å². The van der Waals surface area contributed by atoms with E-state index in [4.69, 9.17) is 11.6 Å². The summed E-state index contributed by atoms with van der Waals surface area (Å²) in [6, 6.07) is 0. The van der Waals surface area contributed by atoms with Gasteiger partial charge in [0, 0.05) is 5.56 Å². The number of hydrogen-bond donors (Lipinski definition) is 2. The molecule has 0 aliphatic rings. The number of carbonyl (C=O) groups is 1. The Morgan fingerprint density at radius 3 is 3.00 bits per heavy atom. The number of anilines is 1. The Morgan fingerprint density at radius 2 is 2.41 bits per heavy atom. The number of rotatable bonds is 3. The number of aromatic nitrogens is 2. The number of hydrogen-bond acceptors (Lipinski definition) is 3. The van der Waals surface area contributed by atoms with Crippen molar-refractivity contribution < 1.29 is 4.79 Å². The van der Waals surface area contributed by atoms with Crippen LogP contribution in [0.2, 0.25) is 5.02 Å². The first-order valence-electron chi connectivity index (χ1n) is 5.20. The molecule has 0 aromatic carbocycles. The highest BCUT2D eigenvalue weighted by Gasteiger charge is 2.16. The van der Waals surface area contributed by atoms with Crippen molar-refractivity contribution in [2.75, 3.05) is 5.32 Å². The molecule has 2 rings (SSSR count). The van der Waals surface area contributed by atoms with E-state index in [9.17, 15) is 4.79 Å². The summed E-state index contributed by atoms with van der Waals surface area (Å²) in [5.74, 6) is 0.437. The Labute approximate surface area is 108 Å². The highest BCUT2D eigenvalue weighted by Crippen LogP contribution is 2.28. The molecule has 1 amide bonds. The third-order valence-corrected chi connectivity index (χ3v) is 4.14.